The average molecular weight is 332 g/mol. The Balaban J connectivity index is 2.33. The number of carbonyl (C=O) groups is 1. The normalized spacial score (nSPS) is 43.0. The molecule has 3 rings (SSSR count). The summed E-state index contributed by atoms with van der Waals surface area (Å²) in [7, 11) is 2.69. The Morgan fingerprint density at radius 3 is 2.91 bits per heavy atom. The molecule has 0 radical (unpaired) electrons. The van der Waals surface area contributed by atoms with Gasteiger partial charge in [0.2, 0.25) is 0 Å². The lowest BCUT2D eigenvalue weighted by Crippen LogP contribution is -2.46. The lowest BCUT2D eigenvalue weighted by molar-refractivity contribution is -0.129. The molecule has 2 aliphatic heterocycles. The van der Waals surface area contributed by atoms with E-state index in [9.17, 15) is 4.79 Å². The van der Waals surface area contributed by atoms with Gasteiger partial charge in [-0.3, -0.25) is 9.69 Å². The Bertz CT molecular complexity index is 1080. The van der Waals surface area contributed by atoms with E-state index < -0.39 is 56.6 Å². The lowest BCUT2D eigenvalue weighted by Gasteiger charge is -2.43. The van der Waals surface area contributed by atoms with E-state index in [2.05, 4.69) is 0 Å². The Morgan fingerprint density at radius 2 is 2.22 bits per heavy atom. The fraction of sp³-hybridized carbons (Fsp3) is 0.632. The van der Waals surface area contributed by atoms with Crippen molar-refractivity contribution < 1.29 is 33.5 Å². The van der Waals surface area contributed by atoms with Gasteiger partial charge in [0.05, 0.1) is 14.2 Å². The summed E-state index contributed by atoms with van der Waals surface area (Å²) in [5, 5.41) is 0. The van der Waals surface area contributed by atoms with Crippen molar-refractivity contribution >= 4 is 5.78 Å². The number of ether oxygens (including phenoxy) is 2. The van der Waals surface area contributed by atoms with Crippen molar-refractivity contribution in [3.63, 3.8) is 0 Å². The van der Waals surface area contributed by atoms with Crippen molar-refractivity contribution in [1.82, 2.24) is 4.90 Å². The van der Waals surface area contributed by atoms with Gasteiger partial charge in [0.1, 0.15) is 5.78 Å². The number of benzene rings is 1. The highest BCUT2D eigenvalue weighted by Gasteiger charge is 2.38. The predicted molar refractivity (Wildman–Crippen MR) is 90.1 cm³/mol. The molecule has 1 fully saturated rings. The van der Waals surface area contributed by atoms with Gasteiger partial charge >= 0.3 is 0 Å². The van der Waals surface area contributed by atoms with E-state index in [1.54, 1.807) is 0 Å². The Morgan fingerprint density at radius 1 is 1.48 bits per heavy atom. The Kier molecular flexibility index (Phi) is 1.81. The summed E-state index contributed by atoms with van der Waals surface area (Å²) in [5.74, 6) is -9.71. The van der Waals surface area contributed by atoms with Gasteiger partial charge in [-0.1, -0.05) is 13.7 Å². The highest BCUT2D eigenvalue weighted by molar-refractivity contribution is 5.83. The van der Waals surface area contributed by atoms with Crippen molar-refractivity contribution in [3.8, 4) is 11.5 Å². The number of carbonyl (C=O) groups excluding carboxylic acids is 1. The van der Waals surface area contributed by atoms with Gasteiger partial charge in [-0.25, -0.2) is 0 Å². The summed E-state index contributed by atoms with van der Waals surface area (Å²) < 4.78 is 125. The number of ketones is 1. The second kappa shape index (κ2) is 6.52. The van der Waals surface area contributed by atoms with Gasteiger partial charge < -0.3 is 9.47 Å². The van der Waals surface area contributed by atoms with Crippen molar-refractivity contribution in [2.45, 2.75) is 38.9 Å². The van der Waals surface area contributed by atoms with E-state index in [4.69, 9.17) is 28.7 Å². The molecule has 0 aromatic heterocycles. The maximum absolute atomic E-state index is 13.7. The number of methoxy groups -OCH3 is 2. The quantitative estimate of drug-likeness (QED) is 0.849. The summed E-state index contributed by atoms with van der Waals surface area (Å²) >= 11 is 0. The molecule has 1 aromatic rings. The first kappa shape index (κ1) is 6.40. The highest BCUT2D eigenvalue weighted by atomic mass is 16.5. The second-order valence-electron chi connectivity index (χ2n) is 5.21. The van der Waals surface area contributed by atoms with Crippen LogP contribution in [0.2, 0.25) is 0 Å². The lowest BCUT2D eigenvalue weighted by atomic mass is 9.80. The number of Topliss-reactive ketones (excluding diaryl/α,β-unsaturated/α-hetero) is 1. The smallest absolute Gasteiger partial charge is 0.161 e. The van der Waals surface area contributed by atoms with Crippen LogP contribution in [0.15, 0.2) is 12.1 Å². The summed E-state index contributed by atoms with van der Waals surface area (Å²) in [5.41, 5.74) is 0.587. The second-order valence-corrected chi connectivity index (χ2v) is 5.21. The molecule has 4 heteroatoms. The van der Waals surface area contributed by atoms with Crippen LogP contribution in [0.1, 0.15) is 62.8 Å². The molecule has 0 aliphatic carbocycles. The molecule has 1 aromatic carbocycles. The molecule has 2 atom stereocenters. The zero-order valence-electron chi connectivity index (χ0n) is 26.8. The molecule has 4 nitrogen and oxygen atoms in total. The number of fused-ring (bicyclic) bond motifs is 3. The third-order valence-corrected chi connectivity index (χ3v) is 3.87. The highest BCUT2D eigenvalue weighted by Crippen LogP contribution is 2.42. The largest absolute Gasteiger partial charge is 0.493 e. The Labute approximate surface area is 158 Å². The fourth-order valence-corrected chi connectivity index (χ4v) is 2.82. The van der Waals surface area contributed by atoms with E-state index in [1.165, 1.54) is 26.4 Å². The topological polar surface area (TPSA) is 38.8 Å². The van der Waals surface area contributed by atoms with E-state index >= 15 is 0 Å². The monoisotopic (exact) mass is 331 g/mol. The number of rotatable bonds is 4. The van der Waals surface area contributed by atoms with E-state index in [0.717, 1.165) is 4.90 Å². The van der Waals surface area contributed by atoms with E-state index in [1.807, 2.05) is 0 Å². The van der Waals surface area contributed by atoms with Gasteiger partial charge in [-0.15, -0.1) is 0 Å². The minimum absolute atomic E-state index is 0.0413. The number of piperidine rings is 1. The zero-order valence-corrected chi connectivity index (χ0v) is 12.8. The standard InChI is InChI=1S/C19H27NO3/c1-12(2)7-14-11-20-6-5-13-8-18(22-3)19(23-4)9-15(13)16(20)10-17(14)21/h8-9,12,14,16H,5-7,10-11H2,1-4H3/i1D3,2D3,7D2,10D2,11D2,12D,14D. The molecule has 0 amide bonds. The first-order valence-electron chi connectivity index (χ1n) is 14.1. The molecule has 0 saturated carbocycles. The summed E-state index contributed by atoms with van der Waals surface area (Å²) in [6.45, 7) is -11.7. The van der Waals surface area contributed by atoms with Crippen molar-refractivity contribution in [2.75, 3.05) is 27.3 Å². The third kappa shape index (κ3) is 3.09. The molecule has 1 saturated heterocycles. The predicted octanol–water partition coefficient (Wildman–Crippen LogP) is 3.24. The summed E-state index contributed by atoms with van der Waals surface area (Å²) in [4.78, 5) is 14.4. The van der Waals surface area contributed by atoms with Crippen molar-refractivity contribution in [1.29, 1.82) is 0 Å². The molecule has 0 spiro atoms. The van der Waals surface area contributed by atoms with Crippen LogP contribution in [0.25, 0.3) is 0 Å². The van der Waals surface area contributed by atoms with E-state index in [0.29, 0.717) is 11.3 Å². The maximum atomic E-state index is 13.7. The van der Waals surface area contributed by atoms with Crippen LogP contribution >= 0.6 is 0 Å². The Hall–Kier alpha value is -1.55. The number of nitrogens with zero attached hydrogens (tertiary/aromatic N) is 1. The fourth-order valence-electron chi connectivity index (χ4n) is 2.82. The van der Waals surface area contributed by atoms with Gasteiger partial charge in [0.25, 0.3) is 0 Å². The summed E-state index contributed by atoms with van der Waals surface area (Å²) in [6.07, 6.45) is -7.40. The molecular formula is C19H27NO3. The molecular weight excluding hydrogens is 290 g/mol. The minimum Gasteiger partial charge on any atom is -0.493 e. The molecule has 0 bridgehead atoms. The molecule has 126 valence electrons. The first-order chi connectivity index (χ1) is 16.5. The average Bonchev–Trinajstić information content (AvgIpc) is 2.77. The minimum atomic E-state index is -4.23. The number of hydrogen-bond donors (Lipinski definition) is 0. The van der Waals surface area contributed by atoms with Gasteiger partial charge in [-0.05, 0) is 41.9 Å². The molecule has 0 N–H and O–H groups in total. The van der Waals surface area contributed by atoms with Crippen LogP contribution < -0.4 is 9.47 Å². The van der Waals surface area contributed by atoms with Crippen LogP contribution in [-0.2, 0) is 11.2 Å². The molecule has 2 unspecified atom stereocenters. The third-order valence-electron chi connectivity index (χ3n) is 3.87. The first-order valence-corrected chi connectivity index (χ1v) is 7.06. The molecule has 2 aliphatic rings. The maximum Gasteiger partial charge on any atom is 0.161 e. The van der Waals surface area contributed by atoms with Crippen LogP contribution in [-0.4, -0.2) is 37.9 Å². The SMILES string of the molecule is [2H]C1([2H])C(=O)C([2H])(C([2H])([2H])C([2H])(C([2H])([2H])[2H])C([2H])([2H])[2H])C([2H])([2H])N2CCc3cc(OC)c(OC)cc3C21. The van der Waals surface area contributed by atoms with Crippen LogP contribution in [0.3, 0.4) is 0 Å². The van der Waals surface area contributed by atoms with Gasteiger partial charge in [0.15, 0.2) is 11.5 Å². The van der Waals surface area contributed by atoms with Crippen molar-refractivity contribution in [2.24, 2.45) is 11.8 Å². The number of hydrogen-bond acceptors (Lipinski definition) is 4. The molecule has 2 heterocycles. The molecule has 23 heavy (non-hydrogen) atoms. The summed E-state index contributed by atoms with van der Waals surface area (Å²) in [6, 6.07) is 1.17. The zero-order chi connectivity index (χ0) is 28.8. The van der Waals surface area contributed by atoms with Gasteiger partial charge in [-0.2, -0.15) is 0 Å². The van der Waals surface area contributed by atoms with Crippen molar-refractivity contribution in [3.05, 3.63) is 23.3 Å². The van der Waals surface area contributed by atoms with Crippen LogP contribution in [0.5, 0.6) is 11.5 Å². The van der Waals surface area contributed by atoms with Gasteiger partial charge in [0, 0.05) is 50.5 Å². The van der Waals surface area contributed by atoms with E-state index in [-0.39, 0.29) is 24.3 Å². The van der Waals surface area contributed by atoms with Crippen LogP contribution in [0.4, 0.5) is 0 Å². The van der Waals surface area contributed by atoms with Crippen LogP contribution in [0, 0.1) is 11.8 Å².